The molecule has 2 N–H and O–H groups in total. The van der Waals surface area contributed by atoms with Gasteiger partial charge in [0, 0.05) is 18.6 Å². The van der Waals surface area contributed by atoms with Crippen LogP contribution in [0.25, 0.3) is 0 Å². The Bertz CT molecular complexity index is 386. The summed E-state index contributed by atoms with van der Waals surface area (Å²) in [6.07, 6.45) is 0.999. The van der Waals surface area contributed by atoms with Crippen LogP contribution in [0.4, 0.5) is 0 Å². The van der Waals surface area contributed by atoms with E-state index in [2.05, 4.69) is 25.7 Å². The fourth-order valence-electron chi connectivity index (χ4n) is 1.79. The van der Waals surface area contributed by atoms with E-state index in [4.69, 9.17) is 28.9 Å². The summed E-state index contributed by atoms with van der Waals surface area (Å²) >= 11 is 12.0. The van der Waals surface area contributed by atoms with Crippen LogP contribution in [-0.2, 0) is 6.54 Å². The van der Waals surface area contributed by atoms with Gasteiger partial charge in [-0.2, -0.15) is 0 Å². The first-order valence-corrected chi connectivity index (χ1v) is 6.99. The topological polar surface area (TPSA) is 29.3 Å². The van der Waals surface area contributed by atoms with E-state index in [9.17, 15) is 0 Å². The van der Waals surface area contributed by atoms with Gasteiger partial charge in [0.25, 0.3) is 0 Å². The molecule has 0 amide bonds. The van der Waals surface area contributed by atoms with Crippen LogP contribution < -0.4 is 5.73 Å². The summed E-state index contributed by atoms with van der Waals surface area (Å²) in [6.45, 7) is 9.19. The van der Waals surface area contributed by atoms with Crippen molar-refractivity contribution in [2.75, 3.05) is 13.1 Å². The van der Waals surface area contributed by atoms with Crippen molar-refractivity contribution in [3.05, 3.63) is 33.8 Å². The number of rotatable bonds is 5. The normalized spacial score (nSPS) is 12.2. The van der Waals surface area contributed by atoms with Gasteiger partial charge in [-0.15, -0.1) is 0 Å². The molecule has 0 spiro atoms. The molecule has 2 nitrogen and oxygen atoms in total. The Balaban J connectivity index is 2.79. The fourth-order valence-corrected chi connectivity index (χ4v) is 2.11. The Kier molecular flexibility index (Phi) is 5.93. The Morgan fingerprint density at radius 1 is 1.17 bits per heavy atom. The van der Waals surface area contributed by atoms with Crippen molar-refractivity contribution in [2.24, 2.45) is 5.73 Å². The van der Waals surface area contributed by atoms with Gasteiger partial charge in [-0.3, -0.25) is 4.90 Å². The number of hydrogen-bond acceptors (Lipinski definition) is 2. The van der Waals surface area contributed by atoms with E-state index < -0.39 is 0 Å². The summed E-state index contributed by atoms with van der Waals surface area (Å²) < 4.78 is 0. The Morgan fingerprint density at radius 2 is 1.83 bits per heavy atom. The van der Waals surface area contributed by atoms with Gasteiger partial charge in [0.05, 0.1) is 10.0 Å². The SMILES string of the molecule is CC(C)(C)N(CCCN)Cc1ccc(Cl)c(Cl)c1. The van der Waals surface area contributed by atoms with Gasteiger partial charge < -0.3 is 5.73 Å². The highest BCUT2D eigenvalue weighted by atomic mass is 35.5. The highest BCUT2D eigenvalue weighted by Gasteiger charge is 2.20. The second-order valence-electron chi connectivity index (χ2n) is 5.48. The van der Waals surface area contributed by atoms with E-state index in [-0.39, 0.29) is 5.54 Å². The third-order valence-electron chi connectivity index (χ3n) is 2.94. The largest absolute Gasteiger partial charge is 0.330 e. The zero-order valence-corrected chi connectivity index (χ0v) is 12.9. The molecule has 0 saturated heterocycles. The summed E-state index contributed by atoms with van der Waals surface area (Å²) in [4.78, 5) is 2.40. The Hall–Kier alpha value is -0.280. The summed E-state index contributed by atoms with van der Waals surface area (Å²) in [5.41, 5.74) is 6.88. The summed E-state index contributed by atoms with van der Waals surface area (Å²) in [6, 6.07) is 5.81. The van der Waals surface area contributed by atoms with E-state index in [1.165, 1.54) is 5.56 Å². The second-order valence-corrected chi connectivity index (χ2v) is 6.30. The molecule has 1 aromatic rings. The van der Waals surface area contributed by atoms with Gasteiger partial charge >= 0.3 is 0 Å². The van der Waals surface area contributed by atoms with Crippen LogP contribution in [0, 0.1) is 0 Å². The van der Waals surface area contributed by atoms with Crippen LogP contribution in [0.5, 0.6) is 0 Å². The lowest BCUT2D eigenvalue weighted by molar-refractivity contribution is 0.127. The van der Waals surface area contributed by atoms with Crippen molar-refractivity contribution in [3.63, 3.8) is 0 Å². The highest BCUT2D eigenvalue weighted by molar-refractivity contribution is 6.42. The molecule has 0 bridgehead atoms. The second kappa shape index (κ2) is 6.76. The molecule has 102 valence electrons. The van der Waals surface area contributed by atoms with E-state index in [1.54, 1.807) is 0 Å². The van der Waals surface area contributed by atoms with E-state index >= 15 is 0 Å². The molecule has 0 aliphatic rings. The predicted octanol–water partition coefficient (Wildman–Crippen LogP) is 3.94. The maximum atomic E-state index is 6.05. The molecule has 0 aromatic heterocycles. The molecule has 1 rings (SSSR count). The van der Waals surface area contributed by atoms with Crippen LogP contribution in [0.2, 0.25) is 10.0 Å². The average molecular weight is 289 g/mol. The van der Waals surface area contributed by atoms with Crippen LogP contribution in [0.1, 0.15) is 32.8 Å². The zero-order chi connectivity index (χ0) is 13.8. The molecule has 1 aromatic carbocycles. The third-order valence-corrected chi connectivity index (χ3v) is 3.68. The molecule has 0 aliphatic heterocycles. The zero-order valence-electron chi connectivity index (χ0n) is 11.3. The van der Waals surface area contributed by atoms with Gasteiger partial charge in [-0.1, -0.05) is 29.3 Å². The highest BCUT2D eigenvalue weighted by Crippen LogP contribution is 2.25. The molecule has 4 heteroatoms. The van der Waals surface area contributed by atoms with Gasteiger partial charge in [-0.05, 0) is 51.4 Å². The van der Waals surface area contributed by atoms with Gasteiger partial charge in [0.2, 0.25) is 0 Å². The molecule has 0 heterocycles. The summed E-state index contributed by atoms with van der Waals surface area (Å²) in [5.74, 6) is 0. The Labute approximate surface area is 120 Å². The Morgan fingerprint density at radius 3 is 2.33 bits per heavy atom. The van der Waals surface area contributed by atoms with Crippen LogP contribution in [0.15, 0.2) is 18.2 Å². The van der Waals surface area contributed by atoms with Crippen LogP contribution >= 0.6 is 23.2 Å². The molecule has 0 atom stereocenters. The molecule has 0 fully saturated rings. The summed E-state index contributed by atoms with van der Waals surface area (Å²) in [7, 11) is 0. The molecular weight excluding hydrogens is 267 g/mol. The average Bonchev–Trinajstić information content (AvgIpc) is 2.27. The smallest absolute Gasteiger partial charge is 0.0595 e. The predicted molar refractivity (Wildman–Crippen MR) is 80.3 cm³/mol. The van der Waals surface area contributed by atoms with Crippen molar-refractivity contribution in [1.82, 2.24) is 4.90 Å². The monoisotopic (exact) mass is 288 g/mol. The maximum absolute atomic E-state index is 6.05. The first-order valence-electron chi connectivity index (χ1n) is 6.23. The lowest BCUT2D eigenvalue weighted by Gasteiger charge is -2.35. The molecule has 18 heavy (non-hydrogen) atoms. The molecule has 0 saturated carbocycles. The molecule has 0 unspecified atom stereocenters. The van der Waals surface area contributed by atoms with Gasteiger partial charge in [0.1, 0.15) is 0 Å². The van der Waals surface area contributed by atoms with E-state index in [0.29, 0.717) is 16.6 Å². The molecule has 0 radical (unpaired) electrons. The van der Waals surface area contributed by atoms with Crippen molar-refractivity contribution in [2.45, 2.75) is 39.3 Å². The lowest BCUT2D eigenvalue weighted by Crippen LogP contribution is -2.41. The van der Waals surface area contributed by atoms with Crippen LogP contribution in [0.3, 0.4) is 0 Å². The molecular formula is C14H22Cl2N2. The molecule has 0 aliphatic carbocycles. The number of benzene rings is 1. The quantitative estimate of drug-likeness (QED) is 0.889. The minimum atomic E-state index is 0.112. The van der Waals surface area contributed by atoms with Gasteiger partial charge in [0.15, 0.2) is 0 Å². The first-order chi connectivity index (χ1) is 8.34. The van der Waals surface area contributed by atoms with Crippen LogP contribution in [-0.4, -0.2) is 23.5 Å². The van der Waals surface area contributed by atoms with Gasteiger partial charge in [-0.25, -0.2) is 0 Å². The fraction of sp³-hybridized carbons (Fsp3) is 0.571. The number of halogens is 2. The van der Waals surface area contributed by atoms with Crippen molar-refractivity contribution in [1.29, 1.82) is 0 Å². The first kappa shape index (κ1) is 15.8. The van der Waals surface area contributed by atoms with Crippen molar-refractivity contribution in [3.8, 4) is 0 Å². The van der Waals surface area contributed by atoms with Crippen molar-refractivity contribution < 1.29 is 0 Å². The van der Waals surface area contributed by atoms with E-state index in [0.717, 1.165) is 19.5 Å². The lowest BCUT2D eigenvalue weighted by atomic mass is 10.0. The third kappa shape index (κ3) is 4.77. The van der Waals surface area contributed by atoms with E-state index in [1.807, 2.05) is 18.2 Å². The standard InChI is InChI=1S/C14H22Cl2N2/c1-14(2,3)18(8-4-7-17)10-11-5-6-12(15)13(16)9-11/h5-6,9H,4,7-8,10,17H2,1-3H3. The minimum Gasteiger partial charge on any atom is -0.330 e. The summed E-state index contributed by atoms with van der Waals surface area (Å²) in [5, 5.41) is 1.21. The maximum Gasteiger partial charge on any atom is 0.0595 e. The minimum absolute atomic E-state index is 0.112. The number of nitrogens with zero attached hydrogens (tertiary/aromatic N) is 1. The van der Waals surface area contributed by atoms with Crippen molar-refractivity contribution >= 4 is 23.2 Å². The number of nitrogens with two attached hydrogens (primary N) is 1. The number of hydrogen-bond donors (Lipinski definition) is 1.